The van der Waals surface area contributed by atoms with E-state index in [9.17, 15) is 9.59 Å². The molecule has 0 aromatic heterocycles. The van der Waals surface area contributed by atoms with Gasteiger partial charge < -0.3 is 9.47 Å². The topological polar surface area (TPSA) is 55.8 Å². The van der Waals surface area contributed by atoms with Crippen LogP contribution in [-0.2, 0) is 11.3 Å². The second-order valence-corrected chi connectivity index (χ2v) is 7.34. The molecular formula is C19H16BrNO4S. The Hall–Kier alpha value is -2.25. The van der Waals surface area contributed by atoms with Gasteiger partial charge in [-0.15, -0.1) is 0 Å². The number of hydrogen-bond donors (Lipinski definition) is 0. The van der Waals surface area contributed by atoms with E-state index in [1.54, 1.807) is 26.4 Å². The van der Waals surface area contributed by atoms with Gasteiger partial charge in [0.15, 0.2) is 11.5 Å². The predicted molar refractivity (Wildman–Crippen MR) is 105 cm³/mol. The Bertz CT molecular complexity index is 883. The van der Waals surface area contributed by atoms with Gasteiger partial charge in [-0.2, -0.15) is 0 Å². The van der Waals surface area contributed by atoms with E-state index in [1.165, 1.54) is 4.90 Å². The molecule has 1 fully saturated rings. The lowest BCUT2D eigenvalue weighted by atomic mass is 10.1. The normalized spacial score (nSPS) is 15.7. The smallest absolute Gasteiger partial charge is 0.293 e. The van der Waals surface area contributed by atoms with E-state index in [0.717, 1.165) is 22.9 Å². The molecule has 0 N–H and O–H groups in total. The third kappa shape index (κ3) is 3.78. The molecule has 0 radical (unpaired) electrons. The SMILES string of the molecule is COc1cc(/C=C2/SC(=O)N(Cc3ccccc3)C2=O)cc(Br)c1OC. The Balaban J connectivity index is 1.87. The Morgan fingerprint density at radius 3 is 2.50 bits per heavy atom. The van der Waals surface area contributed by atoms with Crippen LogP contribution in [0.15, 0.2) is 51.8 Å². The third-order valence-electron chi connectivity index (χ3n) is 3.81. The summed E-state index contributed by atoms with van der Waals surface area (Å²) in [5.74, 6) is 0.813. The van der Waals surface area contributed by atoms with E-state index in [1.807, 2.05) is 36.4 Å². The molecule has 0 saturated carbocycles. The maximum absolute atomic E-state index is 12.6. The van der Waals surface area contributed by atoms with Crippen molar-refractivity contribution in [2.24, 2.45) is 0 Å². The molecule has 2 aromatic rings. The van der Waals surface area contributed by atoms with Crippen molar-refractivity contribution in [2.75, 3.05) is 14.2 Å². The van der Waals surface area contributed by atoms with Crippen molar-refractivity contribution in [1.82, 2.24) is 4.90 Å². The molecule has 2 aromatic carbocycles. The van der Waals surface area contributed by atoms with Gasteiger partial charge in [0.25, 0.3) is 11.1 Å². The summed E-state index contributed by atoms with van der Waals surface area (Å²) in [6.45, 7) is 0.262. The number of carbonyl (C=O) groups excluding carboxylic acids is 2. The molecule has 0 unspecified atom stereocenters. The zero-order valence-corrected chi connectivity index (χ0v) is 16.6. The van der Waals surface area contributed by atoms with Crippen LogP contribution in [0.1, 0.15) is 11.1 Å². The number of ether oxygens (including phenoxy) is 2. The Morgan fingerprint density at radius 1 is 1.12 bits per heavy atom. The van der Waals surface area contributed by atoms with Crippen LogP contribution in [0.5, 0.6) is 11.5 Å². The zero-order chi connectivity index (χ0) is 18.7. The highest BCUT2D eigenvalue weighted by molar-refractivity contribution is 9.10. The maximum Gasteiger partial charge on any atom is 0.293 e. The first-order valence-electron chi connectivity index (χ1n) is 7.74. The van der Waals surface area contributed by atoms with Gasteiger partial charge in [0.05, 0.1) is 30.1 Å². The van der Waals surface area contributed by atoms with E-state index in [4.69, 9.17) is 9.47 Å². The number of imide groups is 1. The minimum Gasteiger partial charge on any atom is -0.493 e. The lowest BCUT2D eigenvalue weighted by molar-refractivity contribution is -0.123. The molecule has 1 aliphatic rings. The minimum atomic E-state index is -0.297. The second kappa shape index (κ2) is 7.97. The molecule has 134 valence electrons. The van der Waals surface area contributed by atoms with Gasteiger partial charge in [0.2, 0.25) is 0 Å². The van der Waals surface area contributed by atoms with Crippen LogP contribution in [0.25, 0.3) is 6.08 Å². The molecule has 0 spiro atoms. The molecule has 0 bridgehead atoms. The molecule has 5 nitrogen and oxygen atoms in total. The van der Waals surface area contributed by atoms with Crippen molar-refractivity contribution >= 4 is 44.9 Å². The number of halogens is 1. The zero-order valence-electron chi connectivity index (χ0n) is 14.2. The number of benzene rings is 2. The summed E-state index contributed by atoms with van der Waals surface area (Å²) >= 11 is 4.36. The first-order valence-corrected chi connectivity index (χ1v) is 9.35. The molecule has 26 heavy (non-hydrogen) atoms. The predicted octanol–water partition coefficient (Wildman–Crippen LogP) is 4.70. The number of rotatable bonds is 5. The first-order chi connectivity index (χ1) is 12.5. The van der Waals surface area contributed by atoms with Crippen LogP contribution in [-0.4, -0.2) is 30.3 Å². The summed E-state index contributed by atoms with van der Waals surface area (Å²) in [6, 6.07) is 13.0. The van der Waals surface area contributed by atoms with Crippen LogP contribution in [0.3, 0.4) is 0 Å². The summed E-state index contributed by atoms with van der Waals surface area (Å²) < 4.78 is 11.3. The fourth-order valence-corrected chi connectivity index (χ4v) is 4.03. The lowest BCUT2D eigenvalue weighted by Gasteiger charge is -2.12. The highest BCUT2D eigenvalue weighted by Gasteiger charge is 2.35. The molecule has 3 rings (SSSR count). The van der Waals surface area contributed by atoms with Crippen molar-refractivity contribution in [3.63, 3.8) is 0 Å². The highest BCUT2D eigenvalue weighted by Crippen LogP contribution is 2.39. The molecule has 1 saturated heterocycles. The van der Waals surface area contributed by atoms with E-state index >= 15 is 0 Å². The quantitative estimate of drug-likeness (QED) is 0.639. The molecule has 7 heteroatoms. The Kier molecular flexibility index (Phi) is 5.68. The lowest BCUT2D eigenvalue weighted by Crippen LogP contribution is -2.27. The van der Waals surface area contributed by atoms with E-state index < -0.39 is 0 Å². The van der Waals surface area contributed by atoms with Crippen LogP contribution in [0.2, 0.25) is 0 Å². The average Bonchev–Trinajstić information content (AvgIpc) is 2.89. The van der Waals surface area contributed by atoms with Crippen molar-refractivity contribution in [3.8, 4) is 11.5 Å². The van der Waals surface area contributed by atoms with E-state index in [-0.39, 0.29) is 17.7 Å². The van der Waals surface area contributed by atoms with Crippen LogP contribution >= 0.6 is 27.7 Å². The molecule has 1 heterocycles. The van der Waals surface area contributed by atoms with Gasteiger partial charge in [-0.05, 0) is 57.0 Å². The largest absolute Gasteiger partial charge is 0.493 e. The van der Waals surface area contributed by atoms with Crippen molar-refractivity contribution in [2.45, 2.75) is 6.54 Å². The Labute approximate surface area is 164 Å². The number of carbonyl (C=O) groups is 2. The van der Waals surface area contributed by atoms with Gasteiger partial charge in [-0.25, -0.2) is 0 Å². The fourth-order valence-electron chi connectivity index (χ4n) is 2.57. The number of methoxy groups -OCH3 is 2. The number of nitrogens with zero attached hydrogens (tertiary/aromatic N) is 1. The molecule has 0 aliphatic carbocycles. The second-order valence-electron chi connectivity index (χ2n) is 5.49. The fraction of sp³-hybridized carbons (Fsp3) is 0.158. The molecule has 1 aliphatic heterocycles. The highest BCUT2D eigenvalue weighted by atomic mass is 79.9. The van der Waals surface area contributed by atoms with Crippen molar-refractivity contribution in [3.05, 3.63) is 63.0 Å². The molecule has 0 atom stereocenters. The average molecular weight is 434 g/mol. The minimum absolute atomic E-state index is 0.262. The van der Waals surface area contributed by atoms with Crippen molar-refractivity contribution in [1.29, 1.82) is 0 Å². The van der Waals surface area contributed by atoms with Crippen molar-refractivity contribution < 1.29 is 19.1 Å². The Morgan fingerprint density at radius 2 is 1.85 bits per heavy atom. The summed E-state index contributed by atoms with van der Waals surface area (Å²) in [6.07, 6.45) is 1.68. The van der Waals surface area contributed by atoms with Crippen LogP contribution < -0.4 is 9.47 Å². The number of hydrogen-bond acceptors (Lipinski definition) is 5. The number of amides is 2. The van der Waals surface area contributed by atoms with Gasteiger partial charge in [0.1, 0.15) is 0 Å². The standard InChI is InChI=1S/C19H16BrNO4S/c1-24-15-9-13(8-14(20)17(15)25-2)10-16-18(22)21(19(23)26-16)11-12-6-4-3-5-7-12/h3-10H,11H2,1-2H3/b16-10+. The molecular weight excluding hydrogens is 418 g/mol. The molecule has 2 amide bonds. The van der Waals surface area contributed by atoms with Gasteiger partial charge in [-0.3, -0.25) is 14.5 Å². The third-order valence-corrected chi connectivity index (χ3v) is 5.31. The maximum atomic E-state index is 12.6. The van der Waals surface area contributed by atoms with Gasteiger partial charge in [0, 0.05) is 0 Å². The summed E-state index contributed by atoms with van der Waals surface area (Å²) in [7, 11) is 3.10. The van der Waals surface area contributed by atoms with E-state index in [0.29, 0.717) is 20.9 Å². The summed E-state index contributed by atoms with van der Waals surface area (Å²) in [5, 5.41) is -0.273. The van der Waals surface area contributed by atoms with Crippen LogP contribution in [0, 0.1) is 0 Å². The van der Waals surface area contributed by atoms with Crippen LogP contribution in [0.4, 0.5) is 4.79 Å². The summed E-state index contributed by atoms with van der Waals surface area (Å²) in [5.41, 5.74) is 1.64. The van der Waals surface area contributed by atoms with Gasteiger partial charge in [-0.1, -0.05) is 30.3 Å². The number of thioether (sulfide) groups is 1. The summed E-state index contributed by atoms with van der Waals surface area (Å²) in [4.78, 5) is 26.5. The monoisotopic (exact) mass is 433 g/mol. The first kappa shape index (κ1) is 18.5. The van der Waals surface area contributed by atoms with Gasteiger partial charge >= 0.3 is 0 Å². The van der Waals surface area contributed by atoms with E-state index in [2.05, 4.69) is 15.9 Å².